The molecular weight excluding hydrogens is 387 g/mol. The molecular formula is C20H22Cl2N2O3. The molecule has 0 unspecified atom stereocenters. The minimum absolute atomic E-state index is 0.0963. The van der Waals surface area contributed by atoms with Gasteiger partial charge in [0.25, 0.3) is 5.91 Å². The summed E-state index contributed by atoms with van der Waals surface area (Å²) in [6.45, 7) is 1.68. The molecule has 27 heavy (non-hydrogen) atoms. The van der Waals surface area contributed by atoms with Crippen molar-refractivity contribution >= 4 is 29.1 Å². The highest BCUT2D eigenvalue weighted by Gasteiger charge is 2.30. The molecule has 2 aromatic rings. The molecule has 3 rings (SSSR count). The van der Waals surface area contributed by atoms with Crippen LogP contribution >= 0.6 is 23.2 Å². The number of carbonyl (C=O) groups excluding carboxylic acids is 1. The predicted octanol–water partition coefficient (Wildman–Crippen LogP) is 3.56. The minimum atomic E-state index is -0.551. The van der Waals surface area contributed by atoms with Gasteiger partial charge < -0.3 is 5.11 Å². The van der Waals surface area contributed by atoms with Crippen LogP contribution in [0.1, 0.15) is 23.6 Å². The first kappa shape index (κ1) is 20.1. The van der Waals surface area contributed by atoms with Crippen LogP contribution in [0.25, 0.3) is 0 Å². The largest absolute Gasteiger partial charge is 0.392 e. The van der Waals surface area contributed by atoms with Crippen LogP contribution in [-0.2, 0) is 11.2 Å². The first-order chi connectivity index (χ1) is 13.0. The molecule has 0 radical (unpaired) electrons. The van der Waals surface area contributed by atoms with E-state index in [4.69, 9.17) is 23.2 Å². The summed E-state index contributed by atoms with van der Waals surface area (Å²) in [6, 6.07) is 13.8. The first-order valence-electron chi connectivity index (χ1n) is 8.85. The quantitative estimate of drug-likeness (QED) is 0.566. The summed E-state index contributed by atoms with van der Waals surface area (Å²) < 4.78 is 0. The summed E-state index contributed by atoms with van der Waals surface area (Å²) in [4.78, 5) is 14.8. The van der Waals surface area contributed by atoms with Gasteiger partial charge in [0.05, 0.1) is 18.6 Å². The van der Waals surface area contributed by atoms with Crippen molar-refractivity contribution in [3.8, 4) is 0 Å². The number of nitrogens with zero attached hydrogens (tertiary/aromatic N) is 2. The standard InChI is InChI=1S/C20H22Cl2N2O3/c21-17-7-4-8-18(22)16(17)11-20(26)24(27)19(14-5-2-1-3-6-14)13-23-10-9-15(25)12-23/h1-8,15,19,25,27H,9-13H2/t15-,19+/m0/s1. The van der Waals surface area contributed by atoms with Crippen LogP contribution in [-0.4, -0.2) is 51.9 Å². The zero-order valence-electron chi connectivity index (χ0n) is 14.8. The van der Waals surface area contributed by atoms with E-state index in [0.29, 0.717) is 35.1 Å². The molecule has 0 saturated carbocycles. The molecule has 1 aliphatic heterocycles. The van der Waals surface area contributed by atoms with Crippen LogP contribution in [0, 0.1) is 0 Å². The summed E-state index contributed by atoms with van der Waals surface area (Å²) in [5.41, 5.74) is 1.31. The Bertz CT molecular complexity index is 768. The molecule has 1 aliphatic rings. The second kappa shape index (κ2) is 9.04. The molecule has 0 aromatic heterocycles. The van der Waals surface area contributed by atoms with Gasteiger partial charge in [0.15, 0.2) is 0 Å². The number of benzene rings is 2. The maximum Gasteiger partial charge on any atom is 0.251 e. The second-order valence-corrected chi connectivity index (χ2v) is 7.56. The van der Waals surface area contributed by atoms with Crippen molar-refractivity contribution in [1.82, 2.24) is 9.96 Å². The molecule has 2 N–H and O–H groups in total. The Morgan fingerprint density at radius 2 is 1.81 bits per heavy atom. The van der Waals surface area contributed by atoms with Crippen LogP contribution in [0.2, 0.25) is 10.0 Å². The minimum Gasteiger partial charge on any atom is -0.392 e. The van der Waals surface area contributed by atoms with E-state index >= 15 is 0 Å². The Morgan fingerprint density at radius 1 is 1.15 bits per heavy atom. The number of amides is 1. The third-order valence-electron chi connectivity index (χ3n) is 4.80. The van der Waals surface area contributed by atoms with Gasteiger partial charge in [-0.15, -0.1) is 0 Å². The van der Waals surface area contributed by atoms with Crippen molar-refractivity contribution in [1.29, 1.82) is 0 Å². The van der Waals surface area contributed by atoms with Gasteiger partial charge in [0, 0.05) is 29.7 Å². The summed E-state index contributed by atoms with van der Waals surface area (Å²) in [5, 5.41) is 22.0. The van der Waals surface area contributed by atoms with Crippen LogP contribution < -0.4 is 0 Å². The number of likely N-dealkylation sites (tertiary alicyclic amines) is 1. The van der Waals surface area contributed by atoms with E-state index in [1.165, 1.54) is 0 Å². The Labute approximate surface area is 168 Å². The van der Waals surface area contributed by atoms with Crippen LogP contribution in [0.3, 0.4) is 0 Å². The number of β-amino-alcohol motifs (C(OH)–C–C–N with tert-alkyl or cyclic N) is 1. The maximum absolute atomic E-state index is 12.8. The van der Waals surface area contributed by atoms with E-state index < -0.39 is 11.9 Å². The third kappa shape index (κ3) is 5.00. The number of carbonyl (C=O) groups is 1. The highest BCUT2D eigenvalue weighted by atomic mass is 35.5. The van der Waals surface area contributed by atoms with E-state index in [0.717, 1.165) is 17.2 Å². The van der Waals surface area contributed by atoms with Gasteiger partial charge in [-0.2, -0.15) is 0 Å². The van der Waals surface area contributed by atoms with Crippen molar-refractivity contribution in [2.75, 3.05) is 19.6 Å². The predicted molar refractivity (Wildman–Crippen MR) is 105 cm³/mol. The van der Waals surface area contributed by atoms with E-state index in [2.05, 4.69) is 0 Å². The summed E-state index contributed by atoms with van der Waals surface area (Å²) >= 11 is 12.3. The van der Waals surface area contributed by atoms with Crippen molar-refractivity contribution in [3.63, 3.8) is 0 Å². The van der Waals surface area contributed by atoms with Crippen LogP contribution in [0.4, 0.5) is 0 Å². The maximum atomic E-state index is 12.8. The van der Waals surface area contributed by atoms with Crippen LogP contribution in [0.15, 0.2) is 48.5 Å². The molecule has 2 atom stereocenters. The lowest BCUT2D eigenvalue weighted by Crippen LogP contribution is -2.40. The lowest BCUT2D eigenvalue weighted by molar-refractivity contribution is -0.177. The molecule has 7 heteroatoms. The molecule has 2 aromatic carbocycles. The molecule has 0 bridgehead atoms. The average molecular weight is 409 g/mol. The molecule has 1 amide bonds. The number of hydroxylamine groups is 2. The number of aliphatic hydroxyl groups is 1. The fourth-order valence-electron chi connectivity index (χ4n) is 3.33. The summed E-state index contributed by atoms with van der Waals surface area (Å²) in [5.74, 6) is -0.487. The highest BCUT2D eigenvalue weighted by molar-refractivity contribution is 6.36. The number of halogens is 2. The lowest BCUT2D eigenvalue weighted by atomic mass is 10.0. The Kier molecular flexibility index (Phi) is 6.73. The molecule has 1 fully saturated rings. The van der Waals surface area contributed by atoms with Crippen molar-refractivity contribution in [3.05, 3.63) is 69.7 Å². The number of hydrogen-bond acceptors (Lipinski definition) is 4. The van der Waals surface area contributed by atoms with Crippen LogP contribution in [0.5, 0.6) is 0 Å². The fraction of sp³-hybridized carbons (Fsp3) is 0.350. The molecule has 144 valence electrons. The van der Waals surface area contributed by atoms with Gasteiger partial charge in [0.1, 0.15) is 0 Å². The zero-order chi connectivity index (χ0) is 19.4. The van der Waals surface area contributed by atoms with E-state index in [-0.39, 0.29) is 12.5 Å². The van der Waals surface area contributed by atoms with Gasteiger partial charge in [-0.3, -0.25) is 14.9 Å². The van der Waals surface area contributed by atoms with E-state index in [1.807, 2.05) is 35.2 Å². The van der Waals surface area contributed by atoms with Gasteiger partial charge in [0.2, 0.25) is 0 Å². The summed E-state index contributed by atoms with van der Waals surface area (Å²) in [7, 11) is 0. The average Bonchev–Trinajstić information content (AvgIpc) is 3.08. The van der Waals surface area contributed by atoms with E-state index in [9.17, 15) is 15.1 Å². The number of hydrogen-bond donors (Lipinski definition) is 2. The van der Waals surface area contributed by atoms with Gasteiger partial charge in [-0.05, 0) is 29.7 Å². The number of rotatable bonds is 6. The zero-order valence-corrected chi connectivity index (χ0v) is 16.3. The third-order valence-corrected chi connectivity index (χ3v) is 5.51. The normalized spacial score (nSPS) is 18.4. The van der Waals surface area contributed by atoms with Crippen molar-refractivity contribution < 1.29 is 15.1 Å². The molecule has 0 spiro atoms. The Hall–Kier alpha value is -1.63. The van der Waals surface area contributed by atoms with Crippen molar-refractivity contribution in [2.45, 2.75) is 25.0 Å². The molecule has 1 heterocycles. The molecule has 5 nitrogen and oxygen atoms in total. The van der Waals surface area contributed by atoms with E-state index in [1.54, 1.807) is 18.2 Å². The van der Waals surface area contributed by atoms with Crippen molar-refractivity contribution in [2.24, 2.45) is 0 Å². The summed E-state index contributed by atoms with van der Waals surface area (Å²) in [6.07, 6.45) is 0.225. The molecule has 1 saturated heterocycles. The fourth-order valence-corrected chi connectivity index (χ4v) is 3.86. The Morgan fingerprint density at radius 3 is 2.41 bits per heavy atom. The first-order valence-corrected chi connectivity index (χ1v) is 9.60. The van der Waals surface area contributed by atoms with Gasteiger partial charge in [-0.1, -0.05) is 59.6 Å². The topological polar surface area (TPSA) is 64.0 Å². The van der Waals surface area contributed by atoms with Gasteiger partial charge >= 0.3 is 0 Å². The molecule has 0 aliphatic carbocycles. The van der Waals surface area contributed by atoms with Gasteiger partial charge in [-0.25, -0.2) is 5.06 Å². The monoisotopic (exact) mass is 408 g/mol. The number of aliphatic hydroxyl groups excluding tert-OH is 1. The smallest absolute Gasteiger partial charge is 0.251 e. The Balaban J connectivity index is 1.79. The SMILES string of the molecule is O=C(Cc1c(Cl)cccc1Cl)N(O)[C@H](CN1CC[C@H](O)C1)c1ccccc1. The lowest BCUT2D eigenvalue weighted by Gasteiger charge is -2.30. The second-order valence-electron chi connectivity index (χ2n) is 6.74. The highest BCUT2D eigenvalue weighted by Crippen LogP contribution is 2.27.